The molecule has 1 aromatic rings. The van der Waals surface area contributed by atoms with Crippen molar-refractivity contribution in [2.75, 3.05) is 78.4 Å². The predicted molar refractivity (Wildman–Crippen MR) is 199 cm³/mol. The van der Waals surface area contributed by atoms with Gasteiger partial charge in [-0.1, -0.05) is 32.4 Å². The van der Waals surface area contributed by atoms with Gasteiger partial charge in [0, 0.05) is 38.0 Å². The van der Waals surface area contributed by atoms with E-state index in [4.69, 9.17) is 24.1 Å². The molecule has 1 aromatic carbocycles. The van der Waals surface area contributed by atoms with E-state index in [0.717, 1.165) is 12.8 Å². The largest absolute Gasteiger partial charge is 0.469 e. The summed E-state index contributed by atoms with van der Waals surface area (Å²) >= 11 is 0. The number of hydrogen-bond acceptors (Lipinski definition) is 12. The van der Waals surface area contributed by atoms with E-state index in [-0.39, 0.29) is 62.7 Å². The Bertz CT molecular complexity index is 1250. The third-order valence-electron chi connectivity index (χ3n) is 7.77. The summed E-state index contributed by atoms with van der Waals surface area (Å²) in [5.74, 6) is -2.13. The zero-order valence-electron chi connectivity index (χ0n) is 32.2. The zero-order valence-corrected chi connectivity index (χ0v) is 32.2. The number of rotatable bonds is 31. The monoisotopic (exact) mass is 767 g/mol. The van der Waals surface area contributed by atoms with Gasteiger partial charge in [0.1, 0.15) is 12.1 Å². The molecule has 0 radical (unpaired) electrons. The van der Waals surface area contributed by atoms with Crippen LogP contribution in [0.3, 0.4) is 0 Å². The van der Waals surface area contributed by atoms with E-state index < -0.39 is 29.9 Å². The summed E-state index contributed by atoms with van der Waals surface area (Å²) in [7, 11) is 1.28. The molecule has 5 amide bonds. The molecule has 17 nitrogen and oxygen atoms in total. The second-order valence-electron chi connectivity index (χ2n) is 12.6. The Kier molecular flexibility index (Phi) is 26.8. The molecule has 0 unspecified atom stereocenters. The number of aliphatic hydroxyl groups is 1. The molecule has 6 N–H and O–H groups in total. The molecule has 0 aliphatic rings. The summed E-state index contributed by atoms with van der Waals surface area (Å²) in [5.41, 5.74) is 1.24. The van der Waals surface area contributed by atoms with Gasteiger partial charge in [-0.25, -0.2) is 0 Å². The number of anilines is 1. The number of aliphatic hydroxyl groups excluding tert-OH is 1. The third-order valence-corrected chi connectivity index (χ3v) is 7.77. The van der Waals surface area contributed by atoms with Crippen LogP contribution >= 0.6 is 0 Å². The zero-order chi connectivity index (χ0) is 40.0. The van der Waals surface area contributed by atoms with E-state index in [0.29, 0.717) is 76.8 Å². The van der Waals surface area contributed by atoms with Crippen molar-refractivity contribution in [1.82, 2.24) is 21.3 Å². The summed E-state index contributed by atoms with van der Waals surface area (Å²) in [5, 5.41) is 22.8. The Morgan fingerprint density at radius 3 is 1.78 bits per heavy atom. The highest BCUT2D eigenvalue weighted by molar-refractivity contribution is 5.98. The Balaban J connectivity index is 1.99. The number of benzene rings is 1. The highest BCUT2D eigenvalue weighted by atomic mass is 16.6. The number of hydrogen-bond donors (Lipinski definition) is 6. The highest BCUT2D eigenvalue weighted by Crippen LogP contribution is 2.10. The summed E-state index contributed by atoms with van der Waals surface area (Å²) < 4.78 is 26.3. The van der Waals surface area contributed by atoms with Gasteiger partial charge >= 0.3 is 5.97 Å². The summed E-state index contributed by atoms with van der Waals surface area (Å²) in [6, 6.07) is 5.01. The van der Waals surface area contributed by atoms with Crippen LogP contribution < -0.4 is 26.6 Å². The lowest BCUT2D eigenvalue weighted by Crippen LogP contribution is -2.53. The maximum absolute atomic E-state index is 12.9. The van der Waals surface area contributed by atoms with Crippen LogP contribution in [0, 0.1) is 5.92 Å². The number of unbranched alkanes of at least 4 members (excludes halogenated alkanes) is 2. The van der Waals surface area contributed by atoms with Gasteiger partial charge in [0.25, 0.3) is 0 Å². The van der Waals surface area contributed by atoms with E-state index in [2.05, 4.69) is 31.3 Å². The Morgan fingerprint density at radius 2 is 1.19 bits per heavy atom. The molecule has 0 spiro atoms. The summed E-state index contributed by atoms with van der Waals surface area (Å²) in [4.78, 5) is 72.4. The van der Waals surface area contributed by atoms with Crippen LogP contribution in [0.15, 0.2) is 24.3 Å². The van der Waals surface area contributed by atoms with Gasteiger partial charge in [-0.3, -0.25) is 28.8 Å². The third kappa shape index (κ3) is 24.2. The lowest BCUT2D eigenvalue weighted by atomic mass is 10.0. The number of nitrogens with one attached hydrogen (secondary N) is 5. The fourth-order valence-corrected chi connectivity index (χ4v) is 4.59. The molecular formula is C37H61N5O12. The second kappa shape index (κ2) is 30.2. The molecule has 0 saturated heterocycles. The van der Waals surface area contributed by atoms with Gasteiger partial charge < -0.3 is 55.4 Å². The maximum atomic E-state index is 12.9. The lowest BCUT2D eigenvalue weighted by molar-refractivity contribution is -0.142. The SMILES string of the molecule is COC(=O)CCC(=O)NCCCCCC(=O)NCCOCCOCCOCCOCCC(=O)N[C@H](C(=O)N[C@@H](C)C(=O)Nc1ccc(CO)cc1)C(C)C. The molecule has 0 aliphatic carbocycles. The molecule has 0 bridgehead atoms. The maximum Gasteiger partial charge on any atom is 0.306 e. The van der Waals surface area contributed by atoms with Crippen molar-refractivity contribution in [1.29, 1.82) is 0 Å². The molecule has 0 aliphatic heterocycles. The molecule has 1 rings (SSSR count). The Labute approximate surface area is 318 Å². The molecule has 17 heteroatoms. The standard InChI is InChI=1S/C37H61N5O12/c1-27(2)35(37(49)40-28(3)36(48)41-30-11-9-29(26-43)10-12-30)42-33(46)15-18-51-20-22-53-24-25-54-23-21-52-19-17-39-31(44)8-6-5-7-16-38-32(45)13-14-34(47)50-4/h9-12,27-28,35,43H,5-8,13-26H2,1-4H3,(H,38,45)(H,39,44)(H,40,49)(H,41,48)(H,42,46)/t28-,35-/m0/s1. The minimum absolute atomic E-state index is 0.0495. The number of carbonyl (C=O) groups excluding carboxylic acids is 6. The summed E-state index contributed by atoms with van der Waals surface area (Å²) in [6.45, 7) is 8.54. The quantitative estimate of drug-likeness (QED) is 0.0459. The van der Waals surface area contributed by atoms with Crippen LogP contribution in [0.25, 0.3) is 0 Å². The van der Waals surface area contributed by atoms with Crippen molar-refractivity contribution >= 4 is 41.2 Å². The van der Waals surface area contributed by atoms with E-state index >= 15 is 0 Å². The predicted octanol–water partition coefficient (Wildman–Crippen LogP) is 0.965. The molecule has 0 fully saturated rings. The van der Waals surface area contributed by atoms with Gasteiger partial charge in [0.05, 0.1) is 73.0 Å². The van der Waals surface area contributed by atoms with Crippen LogP contribution in [-0.2, 0) is 59.1 Å². The Hall–Kier alpha value is -4.16. The van der Waals surface area contributed by atoms with Crippen molar-refractivity contribution in [3.8, 4) is 0 Å². The molecule has 306 valence electrons. The normalized spacial score (nSPS) is 12.0. The van der Waals surface area contributed by atoms with Crippen molar-refractivity contribution in [3.05, 3.63) is 29.8 Å². The van der Waals surface area contributed by atoms with Gasteiger partial charge in [-0.2, -0.15) is 0 Å². The summed E-state index contributed by atoms with van der Waals surface area (Å²) in [6.07, 6.45) is 2.86. The first-order valence-corrected chi connectivity index (χ1v) is 18.5. The topological polar surface area (TPSA) is 229 Å². The molecule has 0 heterocycles. The molecule has 54 heavy (non-hydrogen) atoms. The molecule has 2 atom stereocenters. The fraction of sp³-hybridized carbons (Fsp3) is 0.676. The van der Waals surface area contributed by atoms with Crippen LogP contribution in [0.2, 0.25) is 0 Å². The lowest BCUT2D eigenvalue weighted by Gasteiger charge is -2.24. The van der Waals surface area contributed by atoms with Crippen molar-refractivity contribution in [2.45, 2.75) is 84.4 Å². The minimum atomic E-state index is -0.849. The first kappa shape index (κ1) is 47.9. The van der Waals surface area contributed by atoms with Crippen LogP contribution in [-0.4, -0.2) is 126 Å². The first-order chi connectivity index (χ1) is 26.0. The molecule has 0 aromatic heterocycles. The van der Waals surface area contributed by atoms with Crippen LogP contribution in [0.1, 0.15) is 71.3 Å². The van der Waals surface area contributed by atoms with Crippen molar-refractivity contribution < 1.29 is 57.6 Å². The second-order valence-corrected chi connectivity index (χ2v) is 12.6. The van der Waals surface area contributed by atoms with E-state index in [9.17, 15) is 28.8 Å². The van der Waals surface area contributed by atoms with Crippen molar-refractivity contribution in [2.24, 2.45) is 5.92 Å². The average molecular weight is 768 g/mol. The van der Waals surface area contributed by atoms with Crippen LogP contribution in [0.4, 0.5) is 5.69 Å². The Morgan fingerprint density at radius 1 is 0.611 bits per heavy atom. The van der Waals surface area contributed by atoms with Crippen molar-refractivity contribution in [3.63, 3.8) is 0 Å². The minimum Gasteiger partial charge on any atom is -0.469 e. The molecular weight excluding hydrogens is 706 g/mol. The van der Waals surface area contributed by atoms with E-state index in [1.807, 2.05) is 0 Å². The fourth-order valence-electron chi connectivity index (χ4n) is 4.59. The van der Waals surface area contributed by atoms with E-state index in [1.165, 1.54) is 7.11 Å². The average Bonchev–Trinajstić information content (AvgIpc) is 3.15. The number of carbonyl (C=O) groups is 6. The van der Waals surface area contributed by atoms with E-state index in [1.54, 1.807) is 45.0 Å². The number of amides is 5. The van der Waals surface area contributed by atoms with Gasteiger partial charge in [0.15, 0.2) is 0 Å². The molecule has 0 saturated carbocycles. The van der Waals surface area contributed by atoms with Gasteiger partial charge in [0.2, 0.25) is 29.5 Å². The number of methoxy groups -OCH3 is 1. The number of esters is 1. The number of ether oxygens (including phenoxy) is 5. The smallest absolute Gasteiger partial charge is 0.306 e. The van der Waals surface area contributed by atoms with Crippen LogP contribution in [0.5, 0.6) is 0 Å². The first-order valence-electron chi connectivity index (χ1n) is 18.5. The van der Waals surface area contributed by atoms with Gasteiger partial charge in [-0.05, 0) is 43.4 Å². The highest BCUT2D eigenvalue weighted by Gasteiger charge is 2.27. The van der Waals surface area contributed by atoms with Gasteiger partial charge in [-0.15, -0.1) is 0 Å².